The van der Waals surface area contributed by atoms with Crippen molar-refractivity contribution in [3.63, 3.8) is 0 Å². The number of rotatable bonds is 4. The van der Waals surface area contributed by atoms with Crippen LogP contribution in [0.25, 0.3) is 22.0 Å². The smallest absolute Gasteiger partial charge is 0.227 e. The van der Waals surface area contributed by atoms with Crippen LogP contribution < -0.4 is 5.32 Å². The zero-order valence-electron chi connectivity index (χ0n) is 15.0. The minimum atomic E-state index is -3.28. The molecule has 0 radical (unpaired) electrons. The molecule has 7 heteroatoms. The van der Waals surface area contributed by atoms with Gasteiger partial charge in [0.05, 0.1) is 10.4 Å². The van der Waals surface area contributed by atoms with Crippen LogP contribution in [0.1, 0.15) is 0 Å². The molecule has 0 atom stereocenters. The lowest BCUT2D eigenvalue weighted by Crippen LogP contribution is -2.00. The molecule has 1 aromatic heterocycles. The van der Waals surface area contributed by atoms with E-state index in [4.69, 9.17) is 0 Å². The molecule has 28 heavy (non-hydrogen) atoms. The second-order valence-electron chi connectivity index (χ2n) is 6.44. The number of anilines is 2. The van der Waals surface area contributed by atoms with Gasteiger partial charge in [0.15, 0.2) is 9.84 Å². The fourth-order valence-electron chi connectivity index (χ4n) is 2.86. The summed E-state index contributed by atoms with van der Waals surface area (Å²) >= 11 is 0. The van der Waals surface area contributed by atoms with Crippen molar-refractivity contribution >= 4 is 32.4 Å². The minimum Gasteiger partial charge on any atom is -0.508 e. The van der Waals surface area contributed by atoms with Gasteiger partial charge in [0, 0.05) is 23.5 Å². The lowest BCUT2D eigenvalue weighted by atomic mass is 10.0. The van der Waals surface area contributed by atoms with E-state index in [1.807, 2.05) is 30.3 Å². The minimum absolute atomic E-state index is 0.225. The molecule has 4 aromatic rings. The number of sulfone groups is 1. The maximum atomic E-state index is 11.7. The fraction of sp³-hybridized carbons (Fsp3) is 0.0476. The first-order valence-corrected chi connectivity index (χ1v) is 10.4. The van der Waals surface area contributed by atoms with E-state index in [9.17, 15) is 13.5 Å². The molecule has 0 aliphatic carbocycles. The maximum Gasteiger partial charge on any atom is 0.227 e. The Morgan fingerprint density at radius 2 is 1.68 bits per heavy atom. The van der Waals surface area contributed by atoms with Crippen molar-refractivity contribution < 1.29 is 13.5 Å². The van der Waals surface area contributed by atoms with Crippen LogP contribution in [0.15, 0.2) is 77.8 Å². The highest BCUT2D eigenvalue weighted by atomic mass is 32.2. The van der Waals surface area contributed by atoms with Crippen molar-refractivity contribution in [3.05, 3.63) is 72.9 Å². The third kappa shape index (κ3) is 3.79. The molecule has 1 heterocycles. The molecule has 4 rings (SSSR count). The third-order valence-corrected chi connectivity index (χ3v) is 5.41. The van der Waals surface area contributed by atoms with Crippen molar-refractivity contribution in [3.8, 4) is 16.9 Å². The van der Waals surface area contributed by atoms with E-state index in [0.29, 0.717) is 11.6 Å². The lowest BCUT2D eigenvalue weighted by Gasteiger charge is -2.08. The average molecular weight is 391 g/mol. The van der Waals surface area contributed by atoms with Gasteiger partial charge in [0.25, 0.3) is 0 Å². The second-order valence-corrected chi connectivity index (χ2v) is 8.45. The molecular weight excluding hydrogens is 374 g/mol. The largest absolute Gasteiger partial charge is 0.508 e. The molecular formula is C21H17N3O3S. The SMILES string of the molecule is CS(=O)(=O)c1cccc(Nc2ncc3cc(-c4ccc(O)cc4)ccc3n2)c1. The Hall–Kier alpha value is -3.45. The molecule has 3 aromatic carbocycles. The fourth-order valence-corrected chi connectivity index (χ4v) is 3.53. The molecule has 0 fully saturated rings. The van der Waals surface area contributed by atoms with E-state index in [-0.39, 0.29) is 10.6 Å². The maximum absolute atomic E-state index is 11.7. The second kappa shape index (κ2) is 6.94. The van der Waals surface area contributed by atoms with E-state index < -0.39 is 9.84 Å². The van der Waals surface area contributed by atoms with Crippen LogP contribution in [0.4, 0.5) is 11.6 Å². The molecule has 0 saturated carbocycles. The summed E-state index contributed by atoms with van der Waals surface area (Å²) in [6.45, 7) is 0. The molecule has 0 bridgehead atoms. The number of aromatic hydroxyl groups is 1. The Bertz CT molecular complexity index is 1270. The number of hydrogen-bond acceptors (Lipinski definition) is 6. The van der Waals surface area contributed by atoms with Gasteiger partial charge in [-0.05, 0) is 53.6 Å². The van der Waals surface area contributed by atoms with Crippen LogP contribution >= 0.6 is 0 Å². The van der Waals surface area contributed by atoms with Gasteiger partial charge in [-0.25, -0.2) is 18.4 Å². The molecule has 6 nitrogen and oxygen atoms in total. The normalized spacial score (nSPS) is 11.5. The molecule has 0 saturated heterocycles. The average Bonchev–Trinajstić information content (AvgIpc) is 2.68. The van der Waals surface area contributed by atoms with Gasteiger partial charge in [0.2, 0.25) is 5.95 Å². The standard InChI is InChI=1S/C21H17N3O3S/c1-28(26,27)19-4-2-3-17(12-19)23-21-22-13-16-11-15(7-10-20(16)24-21)14-5-8-18(25)9-6-14/h2-13,25H,1H3,(H,22,23,24). The predicted octanol–water partition coefficient (Wildman–Crippen LogP) is 4.15. The summed E-state index contributed by atoms with van der Waals surface area (Å²) in [5, 5.41) is 13.4. The van der Waals surface area contributed by atoms with Crippen LogP contribution in [0, 0.1) is 0 Å². The highest BCUT2D eigenvalue weighted by Gasteiger charge is 2.09. The first kappa shape index (κ1) is 17.9. The van der Waals surface area contributed by atoms with Crippen molar-refractivity contribution in [2.24, 2.45) is 0 Å². The number of hydrogen-bond donors (Lipinski definition) is 2. The van der Waals surface area contributed by atoms with Crippen LogP contribution in [0.2, 0.25) is 0 Å². The van der Waals surface area contributed by atoms with Gasteiger partial charge in [-0.3, -0.25) is 0 Å². The molecule has 0 unspecified atom stereocenters. The van der Waals surface area contributed by atoms with Crippen molar-refractivity contribution in [2.75, 3.05) is 11.6 Å². The Balaban J connectivity index is 1.64. The van der Waals surface area contributed by atoms with Crippen molar-refractivity contribution in [2.45, 2.75) is 4.90 Å². The lowest BCUT2D eigenvalue weighted by molar-refractivity contribution is 0.475. The Morgan fingerprint density at radius 1 is 0.929 bits per heavy atom. The third-order valence-electron chi connectivity index (χ3n) is 4.30. The Kier molecular flexibility index (Phi) is 4.44. The summed E-state index contributed by atoms with van der Waals surface area (Å²) in [5.74, 6) is 0.610. The highest BCUT2D eigenvalue weighted by Crippen LogP contribution is 2.26. The van der Waals surface area contributed by atoms with Gasteiger partial charge in [0.1, 0.15) is 5.75 Å². The van der Waals surface area contributed by atoms with Gasteiger partial charge < -0.3 is 10.4 Å². The first-order valence-electron chi connectivity index (χ1n) is 8.52. The number of fused-ring (bicyclic) bond motifs is 1. The number of phenols is 1. The van der Waals surface area contributed by atoms with E-state index in [2.05, 4.69) is 15.3 Å². The zero-order chi connectivity index (χ0) is 19.7. The number of benzene rings is 3. The first-order chi connectivity index (χ1) is 13.4. The van der Waals surface area contributed by atoms with E-state index in [1.165, 1.54) is 6.26 Å². The molecule has 0 aliphatic heterocycles. The number of nitrogens with one attached hydrogen (secondary N) is 1. The summed E-state index contributed by atoms with van der Waals surface area (Å²) in [7, 11) is -3.28. The van der Waals surface area contributed by atoms with E-state index in [1.54, 1.807) is 42.6 Å². The Labute approximate surface area is 162 Å². The van der Waals surface area contributed by atoms with Gasteiger partial charge in [-0.15, -0.1) is 0 Å². The van der Waals surface area contributed by atoms with Crippen molar-refractivity contribution in [1.82, 2.24) is 9.97 Å². The molecule has 2 N–H and O–H groups in total. The topological polar surface area (TPSA) is 92.2 Å². The van der Waals surface area contributed by atoms with Crippen LogP contribution in [-0.4, -0.2) is 29.7 Å². The molecule has 0 spiro atoms. The van der Waals surface area contributed by atoms with Gasteiger partial charge in [-0.1, -0.05) is 24.3 Å². The number of nitrogens with zero attached hydrogens (tertiary/aromatic N) is 2. The van der Waals surface area contributed by atoms with Gasteiger partial charge in [-0.2, -0.15) is 0 Å². The van der Waals surface area contributed by atoms with Crippen LogP contribution in [0.3, 0.4) is 0 Å². The summed E-state index contributed by atoms with van der Waals surface area (Å²) in [4.78, 5) is 9.06. The summed E-state index contributed by atoms with van der Waals surface area (Å²) in [6.07, 6.45) is 2.89. The summed E-state index contributed by atoms with van der Waals surface area (Å²) < 4.78 is 23.4. The highest BCUT2D eigenvalue weighted by molar-refractivity contribution is 7.90. The quantitative estimate of drug-likeness (QED) is 0.543. The van der Waals surface area contributed by atoms with Crippen molar-refractivity contribution in [1.29, 1.82) is 0 Å². The predicted molar refractivity (Wildman–Crippen MR) is 109 cm³/mol. The molecule has 140 valence electrons. The molecule has 0 aliphatic rings. The van der Waals surface area contributed by atoms with E-state index >= 15 is 0 Å². The zero-order valence-corrected chi connectivity index (χ0v) is 15.8. The number of aromatic nitrogens is 2. The Morgan fingerprint density at radius 3 is 2.43 bits per heavy atom. The summed E-state index contributed by atoms with van der Waals surface area (Å²) in [6, 6.07) is 19.4. The number of phenolic OH excluding ortho intramolecular Hbond substituents is 1. The monoisotopic (exact) mass is 391 g/mol. The van der Waals surface area contributed by atoms with E-state index in [0.717, 1.165) is 22.0 Å². The molecule has 0 amide bonds. The summed E-state index contributed by atoms with van der Waals surface area (Å²) in [5.41, 5.74) is 3.35. The van der Waals surface area contributed by atoms with Crippen LogP contribution in [-0.2, 0) is 9.84 Å². The van der Waals surface area contributed by atoms with Crippen LogP contribution in [0.5, 0.6) is 5.75 Å². The van der Waals surface area contributed by atoms with Gasteiger partial charge >= 0.3 is 0 Å².